The number of Topliss-reactive ketones (excluding diaryl/α,β-unsaturated/α-hetero) is 1. The molecule has 102 valence electrons. The van der Waals surface area contributed by atoms with Crippen LogP contribution in [0.15, 0.2) is 40.5 Å². The van der Waals surface area contributed by atoms with Crippen LogP contribution in [0.2, 0.25) is 0 Å². The molecule has 1 aromatic carbocycles. The molecule has 0 spiro atoms. The molecule has 5 heteroatoms. The predicted molar refractivity (Wildman–Crippen MR) is 77.3 cm³/mol. The Kier molecular flexibility index (Phi) is 3.52. The summed E-state index contributed by atoms with van der Waals surface area (Å²) in [7, 11) is 1.61. The van der Waals surface area contributed by atoms with E-state index in [1.807, 2.05) is 23.6 Å². The third kappa shape index (κ3) is 2.58. The number of aromatic nitrogens is 1. The van der Waals surface area contributed by atoms with Gasteiger partial charge in [-0.3, -0.25) is 4.79 Å². The number of hydrogen-bond donors (Lipinski definition) is 0. The highest BCUT2D eigenvalue weighted by atomic mass is 32.1. The molecule has 0 bridgehead atoms. The number of ketones is 1. The molecule has 0 saturated carbocycles. The Morgan fingerprint density at radius 3 is 3.05 bits per heavy atom. The van der Waals surface area contributed by atoms with Crippen molar-refractivity contribution in [1.82, 2.24) is 4.98 Å². The average molecular weight is 287 g/mol. The lowest BCUT2D eigenvalue weighted by Gasteiger charge is -1.99. The van der Waals surface area contributed by atoms with E-state index in [-0.39, 0.29) is 5.78 Å². The van der Waals surface area contributed by atoms with Crippen molar-refractivity contribution >= 4 is 28.1 Å². The summed E-state index contributed by atoms with van der Waals surface area (Å²) in [5.41, 5.74) is 1.64. The van der Waals surface area contributed by atoms with Gasteiger partial charge >= 0.3 is 0 Å². The summed E-state index contributed by atoms with van der Waals surface area (Å²) in [6, 6.07) is 5.61. The standard InChI is InChI=1S/C15H13NO3S/c1-18-12-2-3-13-10(9-19-14(13)8-12)6-11(17)7-15-16-4-5-20-15/h2-5,8-9H,6-7H2,1H3. The van der Waals surface area contributed by atoms with E-state index in [2.05, 4.69) is 4.98 Å². The first-order valence-corrected chi connectivity index (χ1v) is 7.08. The number of furan rings is 1. The Bertz CT molecular complexity index is 731. The number of methoxy groups -OCH3 is 1. The summed E-state index contributed by atoms with van der Waals surface area (Å²) in [5.74, 6) is 0.881. The van der Waals surface area contributed by atoms with Crippen molar-refractivity contribution in [3.05, 3.63) is 46.6 Å². The minimum atomic E-state index is 0.137. The molecule has 2 heterocycles. The second kappa shape index (κ2) is 5.46. The minimum absolute atomic E-state index is 0.137. The Balaban J connectivity index is 1.79. The summed E-state index contributed by atoms with van der Waals surface area (Å²) < 4.78 is 10.6. The van der Waals surface area contributed by atoms with Gasteiger partial charge in [-0.05, 0) is 12.1 Å². The number of rotatable bonds is 5. The normalized spacial score (nSPS) is 10.8. The van der Waals surface area contributed by atoms with Crippen molar-refractivity contribution in [2.75, 3.05) is 7.11 Å². The second-order valence-electron chi connectivity index (χ2n) is 4.44. The summed E-state index contributed by atoms with van der Waals surface area (Å²) in [5, 5.41) is 3.69. The zero-order valence-electron chi connectivity index (χ0n) is 11.0. The van der Waals surface area contributed by atoms with Crippen molar-refractivity contribution in [3.8, 4) is 5.75 Å². The van der Waals surface area contributed by atoms with Gasteiger partial charge < -0.3 is 9.15 Å². The van der Waals surface area contributed by atoms with Gasteiger partial charge in [0.05, 0.1) is 24.8 Å². The number of carbonyl (C=O) groups is 1. The van der Waals surface area contributed by atoms with Crippen LogP contribution in [0.5, 0.6) is 5.75 Å². The van der Waals surface area contributed by atoms with E-state index < -0.39 is 0 Å². The van der Waals surface area contributed by atoms with E-state index in [4.69, 9.17) is 9.15 Å². The lowest BCUT2D eigenvalue weighted by molar-refractivity contribution is -0.117. The van der Waals surface area contributed by atoms with Crippen molar-refractivity contribution < 1.29 is 13.9 Å². The molecule has 20 heavy (non-hydrogen) atoms. The number of carbonyl (C=O) groups excluding carboxylic acids is 1. The molecule has 0 aliphatic rings. The van der Waals surface area contributed by atoms with E-state index >= 15 is 0 Å². The zero-order valence-corrected chi connectivity index (χ0v) is 11.8. The van der Waals surface area contributed by atoms with Crippen LogP contribution in [0.25, 0.3) is 11.0 Å². The van der Waals surface area contributed by atoms with Crippen LogP contribution in [-0.2, 0) is 17.6 Å². The molecule has 3 aromatic rings. The Hall–Kier alpha value is -2.14. The maximum Gasteiger partial charge on any atom is 0.144 e. The number of benzene rings is 1. The van der Waals surface area contributed by atoms with Crippen LogP contribution >= 0.6 is 11.3 Å². The highest BCUT2D eigenvalue weighted by Crippen LogP contribution is 2.26. The van der Waals surface area contributed by atoms with Gasteiger partial charge in [0.2, 0.25) is 0 Å². The quantitative estimate of drug-likeness (QED) is 0.723. The molecule has 0 atom stereocenters. The largest absolute Gasteiger partial charge is 0.497 e. The van der Waals surface area contributed by atoms with Crippen molar-refractivity contribution in [2.24, 2.45) is 0 Å². The minimum Gasteiger partial charge on any atom is -0.497 e. The molecular formula is C15H13NO3S. The Morgan fingerprint density at radius 2 is 2.30 bits per heavy atom. The van der Waals surface area contributed by atoms with Gasteiger partial charge in [-0.25, -0.2) is 4.98 Å². The molecule has 0 aliphatic carbocycles. The van der Waals surface area contributed by atoms with Crippen molar-refractivity contribution in [2.45, 2.75) is 12.8 Å². The van der Waals surface area contributed by atoms with Crippen molar-refractivity contribution in [3.63, 3.8) is 0 Å². The Morgan fingerprint density at radius 1 is 1.40 bits per heavy atom. The molecule has 2 aromatic heterocycles. The van der Waals surface area contributed by atoms with Gasteiger partial charge in [0.25, 0.3) is 0 Å². The van der Waals surface area contributed by atoms with Crippen LogP contribution in [0, 0.1) is 0 Å². The van der Waals surface area contributed by atoms with Gasteiger partial charge in [0.15, 0.2) is 0 Å². The molecule has 0 amide bonds. The zero-order chi connectivity index (χ0) is 13.9. The maximum absolute atomic E-state index is 12.0. The van der Waals surface area contributed by atoms with Crippen LogP contribution in [0.3, 0.4) is 0 Å². The number of fused-ring (bicyclic) bond motifs is 1. The van der Waals surface area contributed by atoms with Gasteiger partial charge in [0, 0.05) is 35.0 Å². The first-order valence-electron chi connectivity index (χ1n) is 6.20. The summed E-state index contributed by atoms with van der Waals surface area (Å²) in [6.07, 6.45) is 4.09. The molecule has 4 nitrogen and oxygen atoms in total. The van der Waals surface area contributed by atoms with E-state index in [1.165, 1.54) is 11.3 Å². The smallest absolute Gasteiger partial charge is 0.144 e. The molecular weight excluding hydrogens is 274 g/mol. The van der Waals surface area contributed by atoms with Crippen LogP contribution < -0.4 is 4.74 Å². The van der Waals surface area contributed by atoms with Gasteiger partial charge in [0.1, 0.15) is 17.1 Å². The van der Waals surface area contributed by atoms with Crippen molar-refractivity contribution in [1.29, 1.82) is 0 Å². The lowest BCUT2D eigenvalue weighted by Crippen LogP contribution is -2.05. The molecule has 0 N–H and O–H groups in total. The predicted octanol–water partition coefficient (Wildman–Crippen LogP) is 3.25. The number of nitrogens with zero attached hydrogens (tertiary/aromatic N) is 1. The molecule has 0 saturated heterocycles. The van der Waals surface area contributed by atoms with E-state index in [1.54, 1.807) is 19.6 Å². The van der Waals surface area contributed by atoms with E-state index in [0.29, 0.717) is 12.8 Å². The third-order valence-corrected chi connectivity index (χ3v) is 3.86. The summed E-state index contributed by atoms with van der Waals surface area (Å²) >= 11 is 1.50. The first-order chi connectivity index (χ1) is 9.76. The van der Waals surface area contributed by atoms with E-state index in [9.17, 15) is 4.79 Å². The summed E-state index contributed by atoms with van der Waals surface area (Å²) in [6.45, 7) is 0. The summed E-state index contributed by atoms with van der Waals surface area (Å²) in [4.78, 5) is 16.2. The highest BCUT2D eigenvalue weighted by Gasteiger charge is 2.12. The SMILES string of the molecule is COc1ccc2c(CC(=O)Cc3nccs3)coc2c1. The van der Waals surface area contributed by atoms with E-state index in [0.717, 1.165) is 27.3 Å². The Labute approximate surface area is 120 Å². The number of ether oxygens (including phenoxy) is 1. The molecule has 0 aliphatic heterocycles. The highest BCUT2D eigenvalue weighted by molar-refractivity contribution is 7.09. The fraction of sp³-hybridized carbons (Fsp3) is 0.200. The topological polar surface area (TPSA) is 52.3 Å². The molecule has 0 radical (unpaired) electrons. The molecule has 0 fully saturated rings. The van der Waals surface area contributed by atoms with Gasteiger partial charge in [-0.15, -0.1) is 11.3 Å². The fourth-order valence-corrected chi connectivity index (χ4v) is 2.76. The first kappa shape index (κ1) is 12.9. The fourth-order valence-electron chi connectivity index (χ4n) is 2.11. The molecule has 0 unspecified atom stereocenters. The second-order valence-corrected chi connectivity index (χ2v) is 5.42. The monoisotopic (exact) mass is 287 g/mol. The third-order valence-electron chi connectivity index (χ3n) is 3.08. The van der Waals surface area contributed by atoms with Gasteiger partial charge in [-0.1, -0.05) is 0 Å². The number of thiazole rings is 1. The van der Waals surface area contributed by atoms with Crippen LogP contribution in [0.4, 0.5) is 0 Å². The van der Waals surface area contributed by atoms with Gasteiger partial charge in [-0.2, -0.15) is 0 Å². The molecule has 3 rings (SSSR count). The number of hydrogen-bond acceptors (Lipinski definition) is 5. The average Bonchev–Trinajstić information content (AvgIpc) is 3.08. The van der Waals surface area contributed by atoms with Crippen LogP contribution in [-0.4, -0.2) is 17.9 Å². The maximum atomic E-state index is 12.0. The van der Waals surface area contributed by atoms with Crippen LogP contribution in [0.1, 0.15) is 10.6 Å². The lowest BCUT2D eigenvalue weighted by atomic mass is 10.1.